The van der Waals surface area contributed by atoms with E-state index in [0.29, 0.717) is 16.0 Å². The summed E-state index contributed by atoms with van der Waals surface area (Å²) in [6, 6.07) is 13.7. The van der Waals surface area contributed by atoms with Crippen LogP contribution in [0.1, 0.15) is 19.8 Å². The Kier molecular flexibility index (Phi) is 8.22. The maximum Gasteiger partial charge on any atom is 0.121 e. The van der Waals surface area contributed by atoms with Gasteiger partial charge in [0.1, 0.15) is 17.6 Å². The summed E-state index contributed by atoms with van der Waals surface area (Å²) in [4.78, 5) is 3.81. The molecule has 1 saturated heterocycles. The largest absolute Gasteiger partial charge is 0.497 e. The van der Waals surface area contributed by atoms with Crippen molar-refractivity contribution in [2.75, 3.05) is 32.5 Å². The van der Waals surface area contributed by atoms with Crippen LogP contribution in [-0.4, -0.2) is 43.5 Å². The predicted octanol–water partition coefficient (Wildman–Crippen LogP) is 6.27. The van der Waals surface area contributed by atoms with Crippen LogP contribution in [0, 0.1) is 5.92 Å². The lowest BCUT2D eigenvalue weighted by atomic mass is 10.1. The van der Waals surface area contributed by atoms with E-state index in [2.05, 4.69) is 24.0 Å². The molecular formula is C22H27Cl2NO2S. The van der Waals surface area contributed by atoms with Crippen LogP contribution in [0.5, 0.6) is 11.5 Å². The Morgan fingerprint density at radius 2 is 1.86 bits per heavy atom. The number of hydrogen-bond donors (Lipinski definition) is 0. The van der Waals surface area contributed by atoms with Crippen molar-refractivity contribution in [2.24, 2.45) is 5.92 Å². The molecule has 0 spiro atoms. The Morgan fingerprint density at radius 3 is 2.57 bits per heavy atom. The average Bonchev–Trinajstić information content (AvgIpc) is 2.71. The number of rotatable bonds is 8. The first kappa shape index (κ1) is 21.6. The zero-order chi connectivity index (χ0) is 19.9. The lowest BCUT2D eigenvalue weighted by Crippen LogP contribution is -2.40. The Hall–Kier alpha value is -1.07. The average molecular weight is 440 g/mol. The Labute approximate surface area is 182 Å². The molecule has 0 bridgehead atoms. The number of nitrogens with zero attached hydrogens (tertiary/aromatic N) is 1. The summed E-state index contributed by atoms with van der Waals surface area (Å²) < 4.78 is 11.4. The molecule has 1 heterocycles. The molecule has 0 unspecified atom stereocenters. The molecule has 1 atom stereocenters. The fourth-order valence-electron chi connectivity index (χ4n) is 3.38. The van der Waals surface area contributed by atoms with Gasteiger partial charge >= 0.3 is 0 Å². The van der Waals surface area contributed by atoms with E-state index in [4.69, 9.17) is 32.7 Å². The molecule has 0 saturated carbocycles. The first-order valence-electron chi connectivity index (χ1n) is 9.64. The smallest absolute Gasteiger partial charge is 0.121 e. The first-order chi connectivity index (χ1) is 13.5. The first-order valence-corrected chi connectivity index (χ1v) is 11.4. The van der Waals surface area contributed by atoms with Crippen molar-refractivity contribution < 1.29 is 9.47 Å². The number of ether oxygens (including phenoxy) is 2. The number of halogens is 2. The standard InChI is InChI=1S/C22H27Cl2NO2S/c1-16(15-28-20-5-3-4-18(12-20)26-2)14-25-10-8-17(9-11-25)27-19-6-7-21(23)22(24)13-19/h3-7,12-13,16-17H,8-11,14-15H2,1-2H3/t16-/m0/s1. The summed E-state index contributed by atoms with van der Waals surface area (Å²) in [5, 5.41) is 1.10. The quantitative estimate of drug-likeness (QED) is 0.451. The number of likely N-dealkylation sites (tertiary alicyclic amines) is 1. The highest BCUT2D eigenvalue weighted by molar-refractivity contribution is 7.99. The molecule has 3 nitrogen and oxygen atoms in total. The number of methoxy groups -OCH3 is 1. The van der Waals surface area contributed by atoms with E-state index in [1.165, 1.54) is 4.90 Å². The molecule has 0 amide bonds. The Bertz CT molecular complexity index is 766. The third-order valence-corrected chi connectivity index (χ3v) is 6.94. The van der Waals surface area contributed by atoms with Gasteiger partial charge in [-0.1, -0.05) is 36.2 Å². The minimum absolute atomic E-state index is 0.245. The Morgan fingerprint density at radius 1 is 1.07 bits per heavy atom. The number of benzene rings is 2. The van der Waals surface area contributed by atoms with E-state index in [9.17, 15) is 0 Å². The van der Waals surface area contributed by atoms with Crippen LogP contribution in [0.15, 0.2) is 47.4 Å². The van der Waals surface area contributed by atoms with Gasteiger partial charge in [0.05, 0.1) is 17.2 Å². The molecule has 0 aliphatic carbocycles. The van der Waals surface area contributed by atoms with E-state index in [1.807, 2.05) is 30.0 Å². The van der Waals surface area contributed by atoms with Crippen molar-refractivity contribution in [2.45, 2.75) is 30.8 Å². The van der Waals surface area contributed by atoms with Crippen molar-refractivity contribution in [1.29, 1.82) is 0 Å². The second-order valence-electron chi connectivity index (χ2n) is 7.29. The lowest BCUT2D eigenvalue weighted by Gasteiger charge is -2.33. The summed E-state index contributed by atoms with van der Waals surface area (Å²) in [5.41, 5.74) is 0. The van der Waals surface area contributed by atoms with Crippen LogP contribution >= 0.6 is 35.0 Å². The summed E-state index contributed by atoms with van der Waals surface area (Å²) >= 11 is 13.9. The van der Waals surface area contributed by atoms with Gasteiger partial charge in [0, 0.05) is 36.3 Å². The zero-order valence-corrected chi connectivity index (χ0v) is 18.7. The predicted molar refractivity (Wildman–Crippen MR) is 119 cm³/mol. The third-order valence-electron chi connectivity index (χ3n) is 4.87. The molecule has 6 heteroatoms. The highest BCUT2D eigenvalue weighted by Crippen LogP contribution is 2.29. The van der Waals surface area contributed by atoms with E-state index in [1.54, 1.807) is 19.2 Å². The minimum Gasteiger partial charge on any atom is -0.497 e. The van der Waals surface area contributed by atoms with Crippen molar-refractivity contribution in [3.05, 3.63) is 52.5 Å². The van der Waals surface area contributed by atoms with Crippen LogP contribution in [-0.2, 0) is 0 Å². The van der Waals surface area contributed by atoms with Gasteiger partial charge in [0.15, 0.2) is 0 Å². The molecule has 152 valence electrons. The second-order valence-corrected chi connectivity index (χ2v) is 9.20. The van der Waals surface area contributed by atoms with Gasteiger partial charge in [-0.3, -0.25) is 0 Å². The maximum atomic E-state index is 6.09. The number of hydrogen-bond acceptors (Lipinski definition) is 4. The number of thioether (sulfide) groups is 1. The fourth-order valence-corrected chi connectivity index (χ4v) is 4.62. The molecule has 28 heavy (non-hydrogen) atoms. The Balaban J connectivity index is 1.39. The van der Waals surface area contributed by atoms with Crippen molar-refractivity contribution >= 4 is 35.0 Å². The van der Waals surface area contributed by atoms with Crippen LogP contribution in [0.2, 0.25) is 10.0 Å². The molecule has 0 N–H and O–H groups in total. The SMILES string of the molecule is COc1cccc(SC[C@@H](C)CN2CCC(Oc3ccc(Cl)c(Cl)c3)CC2)c1. The molecule has 1 fully saturated rings. The van der Waals surface area contributed by atoms with E-state index < -0.39 is 0 Å². The van der Waals surface area contributed by atoms with E-state index >= 15 is 0 Å². The van der Waals surface area contributed by atoms with Gasteiger partial charge < -0.3 is 14.4 Å². The summed E-state index contributed by atoms with van der Waals surface area (Å²) in [6.07, 6.45) is 2.32. The van der Waals surface area contributed by atoms with Gasteiger partial charge in [-0.15, -0.1) is 11.8 Å². The lowest BCUT2D eigenvalue weighted by molar-refractivity contribution is 0.0945. The summed E-state index contributed by atoms with van der Waals surface area (Å²) in [5.74, 6) is 3.45. The molecule has 1 aliphatic heterocycles. The summed E-state index contributed by atoms with van der Waals surface area (Å²) in [6.45, 7) is 5.59. The highest BCUT2D eigenvalue weighted by atomic mass is 35.5. The molecule has 1 aliphatic rings. The van der Waals surface area contributed by atoms with Crippen molar-refractivity contribution in [3.63, 3.8) is 0 Å². The van der Waals surface area contributed by atoms with Crippen molar-refractivity contribution in [1.82, 2.24) is 4.90 Å². The third kappa shape index (κ3) is 6.48. The fraction of sp³-hybridized carbons (Fsp3) is 0.455. The van der Waals surface area contributed by atoms with Gasteiger partial charge in [-0.05, 0) is 49.1 Å². The minimum atomic E-state index is 0.245. The van der Waals surface area contributed by atoms with E-state index in [-0.39, 0.29) is 6.10 Å². The van der Waals surface area contributed by atoms with Gasteiger partial charge in [-0.25, -0.2) is 0 Å². The van der Waals surface area contributed by atoms with Crippen LogP contribution in [0.25, 0.3) is 0 Å². The zero-order valence-electron chi connectivity index (χ0n) is 16.4. The van der Waals surface area contributed by atoms with Gasteiger partial charge in [-0.2, -0.15) is 0 Å². The number of piperidine rings is 1. The van der Waals surface area contributed by atoms with Gasteiger partial charge in [0.2, 0.25) is 0 Å². The topological polar surface area (TPSA) is 21.7 Å². The van der Waals surface area contributed by atoms with Gasteiger partial charge in [0.25, 0.3) is 0 Å². The molecule has 2 aromatic rings. The summed E-state index contributed by atoms with van der Waals surface area (Å²) in [7, 11) is 1.71. The highest BCUT2D eigenvalue weighted by Gasteiger charge is 2.22. The molecular weight excluding hydrogens is 413 g/mol. The van der Waals surface area contributed by atoms with E-state index in [0.717, 1.165) is 49.7 Å². The molecule has 0 aromatic heterocycles. The van der Waals surface area contributed by atoms with Crippen LogP contribution in [0.4, 0.5) is 0 Å². The van der Waals surface area contributed by atoms with Crippen molar-refractivity contribution in [3.8, 4) is 11.5 Å². The van der Waals surface area contributed by atoms with Crippen LogP contribution < -0.4 is 9.47 Å². The molecule has 3 rings (SSSR count). The monoisotopic (exact) mass is 439 g/mol. The molecule has 2 aromatic carbocycles. The van der Waals surface area contributed by atoms with Crippen LogP contribution in [0.3, 0.4) is 0 Å². The maximum absolute atomic E-state index is 6.09. The normalized spacial score (nSPS) is 16.7. The second kappa shape index (κ2) is 10.6. The molecule has 0 radical (unpaired) electrons.